The number of fused-ring (bicyclic) bond motifs is 1. The molecule has 2 aromatic heterocycles. The molecule has 30 heavy (non-hydrogen) atoms. The number of anilines is 3. The third-order valence-corrected chi connectivity index (χ3v) is 5.33. The van der Waals surface area contributed by atoms with E-state index in [2.05, 4.69) is 25.6 Å². The molecular weight excluding hydrogens is 380 g/mol. The van der Waals surface area contributed by atoms with Gasteiger partial charge in [0.05, 0.1) is 17.3 Å². The Morgan fingerprint density at radius 3 is 2.70 bits per heavy atom. The number of aromatic nitrogens is 3. The van der Waals surface area contributed by atoms with Gasteiger partial charge in [0.15, 0.2) is 5.82 Å². The fraction of sp³-hybridized carbons (Fsp3) is 0.364. The van der Waals surface area contributed by atoms with Crippen molar-refractivity contribution >= 4 is 34.3 Å². The first-order valence-corrected chi connectivity index (χ1v) is 10.1. The van der Waals surface area contributed by atoms with Crippen molar-refractivity contribution in [2.24, 2.45) is 0 Å². The van der Waals surface area contributed by atoms with Gasteiger partial charge in [-0.15, -0.1) is 0 Å². The van der Waals surface area contributed by atoms with Gasteiger partial charge < -0.3 is 20.6 Å². The Morgan fingerprint density at radius 1 is 1.13 bits per heavy atom. The molecule has 1 aliphatic carbocycles. The highest BCUT2D eigenvalue weighted by Gasteiger charge is 2.20. The third-order valence-electron chi connectivity index (χ3n) is 5.33. The zero-order valence-corrected chi connectivity index (χ0v) is 17.2. The SMILES string of the molecule is CN(C)c1ncccc1NC(=O)c1ccc2cnc(NC3CCC(O)CC3)nc2c1. The summed E-state index contributed by atoms with van der Waals surface area (Å²) in [6.45, 7) is 0. The van der Waals surface area contributed by atoms with Crippen molar-refractivity contribution in [1.82, 2.24) is 15.0 Å². The van der Waals surface area contributed by atoms with E-state index in [9.17, 15) is 9.90 Å². The molecule has 0 unspecified atom stereocenters. The lowest BCUT2D eigenvalue weighted by molar-refractivity contribution is 0.102. The Kier molecular flexibility index (Phi) is 5.76. The van der Waals surface area contributed by atoms with E-state index in [4.69, 9.17) is 0 Å². The van der Waals surface area contributed by atoms with E-state index in [1.807, 2.05) is 31.1 Å². The van der Waals surface area contributed by atoms with Gasteiger partial charge in [-0.05, 0) is 49.9 Å². The average Bonchev–Trinajstić information content (AvgIpc) is 2.75. The molecule has 0 saturated heterocycles. The van der Waals surface area contributed by atoms with Crippen molar-refractivity contribution < 1.29 is 9.90 Å². The van der Waals surface area contributed by atoms with Gasteiger partial charge in [-0.1, -0.05) is 6.07 Å². The fourth-order valence-electron chi connectivity index (χ4n) is 3.68. The molecule has 1 fully saturated rings. The van der Waals surface area contributed by atoms with E-state index in [0.29, 0.717) is 28.5 Å². The zero-order valence-electron chi connectivity index (χ0n) is 17.2. The number of pyridine rings is 1. The summed E-state index contributed by atoms with van der Waals surface area (Å²) in [5.74, 6) is 1.02. The number of carbonyl (C=O) groups is 1. The van der Waals surface area contributed by atoms with Gasteiger partial charge in [0.2, 0.25) is 5.95 Å². The predicted molar refractivity (Wildman–Crippen MR) is 118 cm³/mol. The molecule has 8 nitrogen and oxygen atoms in total. The molecule has 2 heterocycles. The lowest BCUT2D eigenvalue weighted by Gasteiger charge is -2.26. The van der Waals surface area contributed by atoms with Crippen molar-refractivity contribution in [2.45, 2.75) is 37.8 Å². The second kappa shape index (κ2) is 8.62. The van der Waals surface area contributed by atoms with Crippen LogP contribution in [0, 0.1) is 0 Å². The second-order valence-corrected chi connectivity index (χ2v) is 7.84. The van der Waals surface area contributed by atoms with Gasteiger partial charge in [0, 0.05) is 43.5 Å². The van der Waals surface area contributed by atoms with Crippen molar-refractivity contribution in [1.29, 1.82) is 0 Å². The summed E-state index contributed by atoms with van der Waals surface area (Å²) < 4.78 is 0. The Labute approximate surface area is 175 Å². The lowest BCUT2D eigenvalue weighted by Crippen LogP contribution is -2.28. The van der Waals surface area contributed by atoms with Crippen LogP contribution in [0.1, 0.15) is 36.0 Å². The second-order valence-electron chi connectivity index (χ2n) is 7.84. The number of carbonyl (C=O) groups excluding carboxylic acids is 1. The molecule has 1 aromatic carbocycles. The number of benzene rings is 1. The summed E-state index contributed by atoms with van der Waals surface area (Å²) in [5, 5.41) is 16.8. The summed E-state index contributed by atoms with van der Waals surface area (Å²) in [4.78, 5) is 28.0. The molecule has 3 aromatic rings. The molecule has 0 aliphatic heterocycles. The number of hydrogen-bond donors (Lipinski definition) is 3. The van der Waals surface area contributed by atoms with Gasteiger partial charge in [-0.25, -0.2) is 15.0 Å². The van der Waals surface area contributed by atoms with Crippen LogP contribution in [0.25, 0.3) is 10.9 Å². The average molecular weight is 406 g/mol. The van der Waals surface area contributed by atoms with Crippen LogP contribution < -0.4 is 15.5 Å². The molecule has 0 spiro atoms. The van der Waals surface area contributed by atoms with E-state index < -0.39 is 0 Å². The van der Waals surface area contributed by atoms with E-state index in [1.54, 1.807) is 30.6 Å². The van der Waals surface area contributed by atoms with Crippen molar-refractivity contribution in [3.8, 4) is 0 Å². The highest BCUT2D eigenvalue weighted by Crippen LogP contribution is 2.24. The largest absolute Gasteiger partial charge is 0.393 e. The number of amides is 1. The van der Waals surface area contributed by atoms with E-state index in [-0.39, 0.29) is 18.1 Å². The number of aliphatic hydroxyl groups is 1. The molecule has 1 aliphatic rings. The molecule has 3 N–H and O–H groups in total. The Balaban J connectivity index is 1.53. The summed E-state index contributed by atoms with van der Waals surface area (Å²) in [7, 11) is 3.76. The number of nitrogens with one attached hydrogen (secondary N) is 2. The topological polar surface area (TPSA) is 103 Å². The Morgan fingerprint density at radius 2 is 1.93 bits per heavy atom. The summed E-state index contributed by atoms with van der Waals surface area (Å²) in [6.07, 6.45) is 6.62. The number of rotatable bonds is 5. The van der Waals surface area contributed by atoms with Gasteiger partial charge in [-0.3, -0.25) is 4.79 Å². The minimum absolute atomic E-state index is 0.200. The van der Waals surface area contributed by atoms with Crippen LogP contribution >= 0.6 is 0 Å². The third kappa shape index (κ3) is 4.49. The van der Waals surface area contributed by atoms with E-state index >= 15 is 0 Å². The Hall–Kier alpha value is -3.26. The van der Waals surface area contributed by atoms with Crippen LogP contribution in [0.4, 0.5) is 17.5 Å². The maximum absolute atomic E-state index is 12.8. The molecule has 1 amide bonds. The maximum Gasteiger partial charge on any atom is 0.255 e. The highest BCUT2D eigenvalue weighted by molar-refractivity contribution is 6.07. The molecule has 1 saturated carbocycles. The molecule has 156 valence electrons. The van der Waals surface area contributed by atoms with Crippen LogP contribution in [-0.4, -0.2) is 52.2 Å². The standard InChI is InChI=1S/C22H26N6O2/c1-28(2)20-18(4-3-11-23-20)26-21(30)14-5-6-15-13-24-22(27-19(15)12-14)25-16-7-9-17(29)10-8-16/h3-6,11-13,16-17,29H,7-10H2,1-2H3,(H,26,30)(H,24,25,27). The summed E-state index contributed by atoms with van der Waals surface area (Å²) in [5.41, 5.74) is 1.87. The normalized spacial score (nSPS) is 18.8. The molecule has 0 radical (unpaired) electrons. The first kappa shape index (κ1) is 20.0. The number of hydrogen-bond acceptors (Lipinski definition) is 7. The molecule has 4 rings (SSSR count). The van der Waals surface area contributed by atoms with Crippen LogP contribution in [0.15, 0.2) is 42.7 Å². The van der Waals surface area contributed by atoms with Crippen LogP contribution in [0.5, 0.6) is 0 Å². The number of nitrogens with zero attached hydrogens (tertiary/aromatic N) is 4. The number of aliphatic hydroxyl groups excluding tert-OH is 1. The molecular formula is C22H26N6O2. The van der Waals surface area contributed by atoms with E-state index in [1.165, 1.54) is 0 Å². The smallest absolute Gasteiger partial charge is 0.255 e. The fourth-order valence-corrected chi connectivity index (χ4v) is 3.68. The van der Waals surface area contributed by atoms with Crippen LogP contribution in [0.2, 0.25) is 0 Å². The maximum atomic E-state index is 12.8. The minimum Gasteiger partial charge on any atom is -0.393 e. The monoisotopic (exact) mass is 406 g/mol. The van der Waals surface area contributed by atoms with Crippen molar-refractivity contribution in [3.05, 3.63) is 48.3 Å². The lowest BCUT2D eigenvalue weighted by atomic mass is 9.93. The van der Waals surface area contributed by atoms with E-state index in [0.717, 1.165) is 31.1 Å². The van der Waals surface area contributed by atoms with Gasteiger partial charge in [0.1, 0.15) is 0 Å². The molecule has 0 atom stereocenters. The highest BCUT2D eigenvalue weighted by atomic mass is 16.3. The van der Waals surface area contributed by atoms with Crippen LogP contribution in [-0.2, 0) is 0 Å². The summed E-state index contributed by atoms with van der Waals surface area (Å²) in [6, 6.07) is 9.26. The molecule has 8 heteroatoms. The quantitative estimate of drug-likeness (QED) is 0.598. The zero-order chi connectivity index (χ0) is 21.1. The summed E-state index contributed by atoms with van der Waals surface area (Å²) >= 11 is 0. The molecule has 0 bridgehead atoms. The van der Waals surface area contributed by atoms with Crippen molar-refractivity contribution in [2.75, 3.05) is 29.6 Å². The first-order valence-electron chi connectivity index (χ1n) is 10.1. The van der Waals surface area contributed by atoms with Crippen LogP contribution in [0.3, 0.4) is 0 Å². The Bertz CT molecular complexity index is 1050. The predicted octanol–water partition coefficient (Wildman–Crippen LogP) is 3.06. The minimum atomic E-state index is -0.220. The first-order chi connectivity index (χ1) is 14.5. The van der Waals surface area contributed by atoms with Gasteiger partial charge in [0.25, 0.3) is 5.91 Å². The van der Waals surface area contributed by atoms with Gasteiger partial charge >= 0.3 is 0 Å². The van der Waals surface area contributed by atoms with Crippen molar-refractivity contribution in [3.63, 3.8) is 0 Å². The van der Waals surface area contributed by atoms with Gasteiger partial charge in [-0.2, -0.15) is 0 Å².